The van der Waals surface area contributed by atoms with Crippen LogP contribution in [0, 0.1) is 18.3 Å². The Labute approximate surface area is 145 Å². The van der Waals surface area contributed by atoms with Crippen molar-refractivity contribution in [2.24, 2.45) is 10.9 Å². The summed E-state index contributed by atoms with van der Waals surface area (Å²) in [5.41, 5.74) is -0.816. The second-order valence-electron chi connectivity index (χ2n) is 6.41. The van der Waals surface area contributed by atoms with Gasteiger partial charge in [-0.2, -0.15) is 0 Å². The summed E-state index contributed by atoms with van der Waals surface area (Å²) in [6.07, 6.45) is 4.79. The number of carboxylic acid groups (broad SMARTS) is 1. The molecule has 2 aliphatic heterocycles. The number of amidine groups is 1. The van der Waals surface area contributed by atoms with Crippen LogP contribution in [0.3, 0.4) is 0 Å². The molecule has 2 aliphatic rings. The number of amides is 1. The largest absolute Gasteiger partial charge is 0.478 e. The van der Waals surface area contributed by atoms with Crippen molar-refractivity contribution < 1.29 is 24.2 Å². The molecule has 1 amide bonds. The number of carbonyl (C=O) groups is 2. The standard InChI is InChI=1S/C18H18N2O5/c1-5-6-12-24-11-8-7-10(16(21)22)13(14(11)25-12)15-19-17(23)18(4,20-15)9(2)3/h1,7-9,12H,6H2,2-4H3,(H,21,22)(H,19,20,23). The Bertz CT molecular complexity index is 837. The first kappa shape index (κ1) is 16.8. The number of hydrogen-bond donors (Lipinski definition) is 2. The number of aliphatic imine (C=N–C) groups is 1. The lowest BCUT2D eigenvalue weighted by Crippen LogP contribution is -2.41. The molecule has 7 nitrogen and oxygen atoms in total. The second kappa shape index (κ2) is 5.81. The quantitative estimate of drug-likeness (QED) is 0.813. The van der Waals surface area contributed by atoms with Gasteiger partial charge in [-0.05, 0) is 25.0 Å². The van der Waals surface area contributed by atoms with E-state index in [2.05, 4.69) is 16.2 Å². The van der Waals surface area contributed by atoms with Crippen molar-refractivity contribution in [3.05, 3.63) is 23.3 Å². The summed E-state index contributed by atoms with van der Waals surface area (Å²) in [6.45, 7) is 5.46. The minimum absolute atomic E-state index is 0.0317. The number of rotatable bonds is 4. The molecule has 25 heavy (non-hydrogen) atoms. The monoisotopic (exact) mass is 342 g/mol. The molecule has 0 fully saturated rings. The molecule has 0 saturated heterocycles. The first-order chi connectivity index (χ1) is 11.8. The molecule has 2 N–H and O–H groups in total. The lowest BCUT2D eigenvalue weighted by atomic mass is 9.89. The van der Waals surface area contributed by atoms with E-state index in [1.54, 1.807) is 6.92 Å². The summed E-state index contributed by atoms with van der Waals surface area (Å²) < 4.78 is 11.3. The van der Waals surface area contributed by atoms with Crippen molar-refractivity contribution in [2.45, 2.75) is 39.0 Å². The summed E-state index contributed by atoms with van der Waals surface area (Å²) >= 11 is 0. The van der Waals surface area contributed by atoms with Crippen molar-refractivity contribution in [3.63, 3.8) is 0 Å². The number of benzene rings is 1. The highest BCUT2D eigenvalue weighted by molar-refractivity contribution is 6.20. The van der Waals surface area contributed by atoms with E-state index in [4.69, 9.17) is 15.9 Å². The predicted molar refractivity (Wildman–Crippen MR) is 89.8 cm³/mol. The smallest absolute Gasteiger partial charge is 0.336 e. The SMILES string of the molecule is C#CCC1Oc2ccc(C(=O)O)c(C3=NC(C)(C(C)C)C(=O)N3)c2O1. The summed E-state index contributed by atoms with van der Waals surface area (Å²) in [5, 5.41) is 12.2. The third-order valence-electron chi connectivity index (χ3n) is 4.54. The van der Waals surface area contributed by atoms with Gasteiger partial charge in [0.15, 0.2) is 11.5 Å². The van der Waals surface area contributed by atoms with E-state index in [1.165, 1.54) is 12.1 Å². The van der Waals surface area contributed by atoms with Crippen LogP contribution in [0.15, 0.2) is 17.1 Å². The molecule has 2 unspecified atom stereocenters. The third-order valence-corrected chi connectivity index (χ3v) is 4.54. The molecule has 2 heterocycles. The van der Waals surface area contributed by atoms with E-state index in [1.807, 2.05) is 13.8 Å². The molecule has 0 radical (unpaired) electrons. The van der Waals surface area contributed by atoms with Gasteiger partial charge in [-0.3, -0.25) is 9.79 Å². The molecule has 130 valence electrons. The van der Waals surface area contributed by atoms with E-state index < -0.39 is 17.8 Å². The molecule has 0 aliphatic carbocycles. The fourth-order valence-electron chi connectivity index (χ4n) is 2.72. The second-order valence-corrected chi connectivity index (χ2v) is 6.41. The molecule has 7 heteroatoms. The van der Waals surface area contributed by atoms with Crippen LogP contribution >= 0.6 is 0 Å². The Morgan fingerprint density at radius 3 is 2.76 bits per heavy atom. The summed E-state index contributed by atoms with van der Waals surface area (Å²) in [7, 11) is 0. The number of hydrogen-bond acceptors (Lipinski definition) is 5. The Morgan fingerprint density at radius 2 is 2.20 bits per heavy atom. The Morgan fingerprint density at radius 1 is 1.48 bits per heavy atom. The first-order valence-corrected chi connectivity index (χ1v) is 7.86. The number of aromatic carboxylic acids is 1. The molecule has 3 rings (SSSR count). The number of carboxylic acids is 1. The molecule has 0 bridgehead atoms. The zero-order valence-electron chi connectivity index (χ0n) is 14.1. The predicted octanol–water partition coefficient (Wildman–Crippen LogP) is 1.80. The topological polar surface area (TPSA) is 97.2 Å². The fraction of sp³-hybridized carbons (Fsp3) is 0.389. The van der Waals surface area contributed by atoms with Gasteiger partial charge < -0.3 is 19.9 Å². The van der Waals surface area contributed by atoms with Crippen LogP contribution in [-0.2, 0) is 4.79 Å². The maximum atomic E-state index is 12.4. The molecule has 0 spiro atoms. The third kappa shape index (κ3) is 2.60. The lowest BCUT2D eigenvalue weighted by molar-refractivity contribution is -0.124. The highest BCUT2D eigenvalue weighted by Crippen LogP contribution is 2.42. The molecular weight excluding hydrogens is 324 g/mol. The van der Waals surface area contributed by atoms with Crippen LogP contribution in [0.25, 0.3) is 0 Å². The highest BCUT2D eigenvalue weighted by Gasteiger charge is 2.44. The number of nitrogens with one attached hydrogen (secondary N) is 1. The summed E-state index contributed by atoms with van der Waals surface area (Å²) in [5.74, 6) is 1.70. The van der Waals surface area contributed by atoms with Crippen molar-refractivity contribution >= 4 is 17.7 Å². The normalized spacial score (nSPS) is 24.0. The van der Waals surface area contributed by atoms with Crippen molar-refractivity contribution in [1.82, 2.24) is 5.32 Å². The van der Waals surface area contributed by atoms with Gasteiger partial charge in [0, 0.05) is 0 Å². The van der Waals surface area contributed by atoms with E-state index in [-0.39, 0.29) is 41.0 Å². The summed E-state index contributed by atoms with van der Waals surface area (Å²) in [6, 6.07) is 2.91. The van der Waals surface area contributed by atoms with Crippen LogP contribution in [-0.4, -0.2) is 34.6 Å². The number of terminal acetylenes is 1. The highest BCUT2D eigenvalue weighted by atomic mass is 16.7. The van der Waals surface area contributed by atoms with E-state index in [9.17, 15) is 14.7 Å². The average molecular weight is 342 g/mol. The average Bonchev–Trinajstić information content (AvgIpc) is 3.08. The van der Waals surface area contributed by atoms with Crippen LogP contribution in [0.4, 0.5) is 0 Å². The van der Waals surface area contributed by atoms with Gasteiger partial charge in [-0.15, -0.1) is 6.42 Å². The maximum Gasteiger partial charge on any atom is 0.336 e. The van der Waals surface area contributed by atoms with E-state index in [0.29, 0.717) is 5.75 Å². The molecule has 0 aromatic heterocycles. The van der Waals surface area contributed by atoms with Gasteiger partial charge in [0.2, 0.25) is 0 Å². The minimum atomic E-state index is -1.16. The van der Waals surface area contributed by atoms with Crippen molar-refractivity contribution in [3.8, 4) is 23.8 Å². The fourth-order valence-corrected chi connectivity index (χ4v) is 2.72. The minimum Gasteiger partial charge on any atom is -0.478 e. The van der Waals surface area contributed by atoms with Gasteiger partial charge >= 0.3 is 5.97 Å². The number of fused-ring (bicyclic) bond motifs is 1. The van der Waals surface area contributed by atoms with Gasteiger partial charge in [0.05, 0.1) is 17.5 Å². The molecule has 0 saturated carbocycles. The molecular formula is C18H18N2O5. The van der Waals surface area contributed by atoms with Crippen LogP contribution in [0.2, 0.25) is 0 Å². The van der Waals surface area contributed by atoms with E-state index >= 15 is 0 Å². The lowest BCUT2D eigenvalue weighted by Gasteiger charge is -2.21. The van der Waals surface area contributed by atoms with Crippen LogP contribution in [0.5, 0.6) is 11.5 Å². The number of nitrogens with zero attached hydrogens (tertiary/aromatic N) is 1. The Kier molecular flexibility index (Phi) is 3.91. The zero-order chi connectivity index (χ0) is 18.4. The van der Waals surface area contributed by atoms with E-state index in [0.717, 1.165) is 0 Å². The van der Waals surface area contributed by atoms with Gasteiger partial charge in [0.1, 0.15) is 11.4 Å². The zero-order valence-corrected chi connectivity index (χ0v) is 14.1. The van der Waals surface area contributed by atoms with Crippen molar-refractivity contribution in [1.29, 1.82) is 0 Å². The number of ether oxygens (including phenoxy) is 2. The van der Waals surface area contributed by atoms with Crippen LogP contribution in [0.1, 0.15) is 43.1 Å². The van der Waals surface area contributed by atoms with Gasteiger partial charge in [0.25, 0.3) is 12.2 Å². The molecule has 1 aromatic rings. The van der Waals surface area contributed by atoms with Crippen LogP contribution < -0.4 is 14.8 Å². The molecule has 1 aromatic carbocycles. The maximum absolute atomic E-state index is 12.4. The van der Waals surface area contributed by atoms with Gasteiger partial charge in [-0.25, -0.2) is 4.79 Å². The van der Waals surface area contributed by atoms with Gasteiger partial charge in [-0.1, -0.05) is 19.8 Å². The first-order valence-electron chi connectivity index (χ1n) is 7.86. The summed E-state index contributed by atoms with van der Waals surface area (Å²) in [4.78, 5) is 28.5. The molecule has 2 atom stereocenters. The Hall–Kier alpha value is -3.01. The Balaban J connectivity index is 2.14. The van der Waals surface area contributed by atoms with Crippen molar-refractivity contribution in [2.75, 3.05) is 0 Å². The number of carbonyl (C=O) groups excluding carboxylic acids is 1.